The molecule has 0 unspecified atom stereocenters. The minimum atomic E-state index is -1.30. The van der Waals surface area contributed by atoms with Gasteiger partial charge in [0.15, 0.2) is 5.41 Å². The van der Waals surface area contributed by atoms with Crippen molar-refractivity contribution >= 4 is 11.9 Å². The Bertz CT molecular complexity index is 360. The average molecular weight is 296 g/mol. The van der Waals surface area contributed by atoms with Crippen molar-refractivity contribution < 1.29 is 19.1 Å². The van der Waals surface area contributed by atoms with Crippen LogP contribution < -0.4 is 0 Å². The van der Waals surface area contributed by atoms with Gasteiger partial charge in [-0.25, -0.2) is 0 Å². The molecule has 21 heavy (non-hydrogen) atoms. The molecule has 0 aliphatic rings. The van der Waals surface area contributed by atoms with Crippen LogP contribution in [0.3, 0.4) is 0 Å². The fourth-order valence-electron chi connectivity index (χ4n) is 1.76. The lowest BCUT2D eigenvalue weighted by molar-refractivity contribution is -0.170. The van der Waals surface area contributed by atoms with Gasteiger partial charge in [0.1, 0.15) is 0 Å². The zero-order valence-corrected chi connectivity index (χ0v) is 13.7. The largest absolute Gasteiger partial charge is 0.465 e. The van der Waals surface area contributed by atoms with Gasteiger partial charge in [-0.2, -0.15) is 0 Å². The molecular formula is C17H28O4. The van der Waals surface area contributed by atoms with Gasteiger partial charge in [-0.3, -0.25) is 9.59 Å². The van der Waals surface area contributed by atoms with Crippen LogP contribution in [0.25, 0.3) is 0 Å². The van der Waals surface area contributed by atoms with Gasteiger partial charge in [-0.1, -0.05) is 19.8 Å². The van der Waals surface area contributed by atoms with Gasteiger partial charge >= 0.3 is 11.9 Å². The predicted octanol–water partition coefficient (Wildman–Crippen LogP) is 3.80. The Balaban J connectivity index is 4.72. The van der Waals surface area contributed by atoms with Crippen molar-refractivity contribution in [2.75, 3.05) is 13.2 Å². The summed E-state index contributed by atoms with van der Waals surface area (Å²) in [5, 5.41) is 0. The van der Waals surface area contributed by atoms with Crippen molar-refractivity contribution in [3.05, 3.63) is 17.9 Å². The first kappa shape index (κ1) is 19.5. The Hall–Kier alpha value is -1.54. The number of unbranched alkanes of at least 4 members (excludes halogenated alkanes) is 3. The minimum absolute atomic E-state index is 0.231. The molecule has 0 bridgehead atoms. The highest BCUT2D eigenvalue weighted by molar-refractivity contribution is 5.99. The van der Waals surface area contributed by atoms with Crippen molar-refractivity contribution in [3.8, 4) is 0 Å². The maximum absolute atomic E-state index is 12.0. The first-order chi connectivity index (χ1) is 10.0. The summed E-state index contributed by atoms with van der Waals surface area (Å²) < 4.78 is 9.97. The van der Waals surface area contributed by atoms with Crippen molar-refractivity contribution in [2.45, 2.75) is 59.8 Å². The smallest absolute Gasteiger partial charge is 0.323 e. The van der Waals surface area contributed by atoms with E-state index in [0.717, 1.165) is 12.8 Å². The molecule has 0 amide bonds. The minimum Gasteiger partial charge on any atom is -0.465 e. The van der Waals surface area contributed by atoms with Crippen LogP contribution in [0.5, 0.6) is 0 Å². The number of hydrogen-bond acceptors (Lipinski definition) is 4. The van der Waals surface area contributed by atoms with E-state index >= 15 is 0 Å². The van der Waals surface area contributed by atoms with E-state index in [1.807, 2.05) is 6.08 Å². The second-order valence-corrected chi connectivity index (χ2v) is 5.05. The SMILES string of the molecule is CCCCCC=C=CCC(C)(C(=O)OCC)C(=O)OCC. The summed E-state index contributed by atoms with van der Waals surface area (Å²) in [6.07, 6.45) is 8.34. The summed E-state index contributed by atoms with van der Waals surface area (Å²) in [6.45, 7) is 7.62. The first-order valence-electron chi connectivity index (χ1n) is 7.76. The third kappa shape index (κ3) is 7.14. The highest BCUT2D eigenvalue weighted by atomic mass is 16.6. The first-order valence-corrected chi connectivity index (χ1v) is 7.76. The monoisotopic (exact) mass is 296 g/mol. The van der Waals surface area contributed by atoms with E-state index in [9.17, 15) is 9.59 Å². The van der Waals surface area contributed by atoms with Crippen molar-refractivity contribution in [1.29, 1.82) is 0 Å². The highest BCUT2D eigenvalue weighted by Gasteiger charge is 2.43. The number of carbonyl (C=O) groups excluding carboxylic acids is 2. The molecule has 0 fully saturated rings. The predicted molar refractivity (Wildman–Crippen MR) is 82.8 cm³/mol. The molecule has 0 rings (SSSR count). The number of allylic oxidation sites excluding steroid dienone is 1. The third-order valence-corrected chi connectivity index (χ3v) is 3.15. The Morgan fingerprint density at radius 2 is 1.57 bits per heavy atom. The van der Waals surface area contributed by atoms with Crippen molar-refractivity contribution in [1.82, 2.24) is 0 Å². The van der Waals surface area contributed by atoms with Gasteiger partial charge in [0.25, 0.3) is 0 Å². The second kappa shape index (κ2) is 11.2. The maximum Gasteiger partial charge on any atom is 0.323 e. The third-order valence-electron chi connectivity index (χ3n) is 3.15. The molecule has 0 aromatic rings. The van der Waals surface area contributed by atoms with Gasteiger partial charge in [0.05, 0.1) is 13.2 Å². The Morgan fingerprint density at radius 3 is 2.05 bits per heavy atom. The van der Waals surface area contributed by atoms with Gasteiger partial charge in [0.2, 0.25) is 0 Å². The topological polar surface area (TPSA) is 52.6 Å². The van der Waals surface area contributed by atoms with Gasteiger partial charge in [-0.05, 0) is 52.2 Å². The zero-order chi connectivity index (χ0) is 16.1. The van der Waals surface area contributed by atoms with Crippen molar-refractivity contribution in [3.63, 3.8) is 0 Å². The van der Waals surface area contributed by atoms with E-state index < -0.39 is 17.4 Å². The van der Waals surface area contributed by atoms with Crippen LogP contribution in [0.2, 0.25) is 0 Å². The van der Waals surface area contributed by atoms with E-state index in [1.165, 1.54) is 12.8 Å². The summed E-state index contributed by atoms with van der Waals surface area (Å²) in [7, 11) is 0. The van der Waals surface area contributed by atoms with E-state index in [2.05, 4.69) is 12.7 Å². The lowest BCUT2D eigenvalue weighted by Gasteiger charge is -2.23. The highest BCUT2D eigenvalue weighted by Crippen LogP contribution is 2.26. The van der Waals surface area contributed by atoms with Gasteiger partial charge in [-0.15, -0.1) is 5.73 Å². The van der Waals surface area contributed by atoms with E-state index in [1.54, 1.807) is 26.8 Å². The van der Waals surface area contributed by atoms with Gasteiger partial charge in [0, 0.05) is 0 Å². The number of carbonyl (C=O) groups is 2. The van der Waals surface area contributed by atoms with Crippen LogP contribution in [-0.4, -0.2) is 25.2 Å². The Morgan fingerprint density at radius 1 is 1.00 bits per heavy atom. The van der Waals surface area contributed by atoms with Crippen LogP contribution in [0.15, 0.2) is 17.9 Å². The summed E-state index contributed by atoms with van der Waals surface area (Å²) in [5.41, 5.74) is 1.73. The number of hydrogen-bond donors (Lipinski definition) is 0. The lowest BCUT2D eigenvalue weighted by atomic mass is 9.87. The summed E-state index contributed by atoms with van der Waals surface area (Å²) in [6, 6.07) is 0. The van der Waals surface area contributed by atoms with Crippen LogP contribution in [0.1, 0.15) is 59.8 Å². The van der Waals surface area contributed by atoms with Crippen molar-refractivity contribution in [2.24, 2.45) is 5.41 Å². The van der Waals surface area contributed by atoms with Gasteiger partial charge < -0.3 is 9.47 Å². The van der Waals surface area contributed by atoms with Crippen LogP contribution >= 0.6 is 0 Å². The molecule has 120 valence electrons. The zero-order valence-electron chi connectivity index (χ0n) is 13.7. The fourth-order valence-corrected chi connectivity index (χ4v) is 1.76. The molecule has 0 N–H and O–H groups in total. The summed E-state index contributed by atoms with van der Waals surface area (Å²) >= 11 is 0. The van der Waals surface area contributed by atoms with Crippen LogP contribution in [0, 0.1) is 5.41 Å². The molecule has 0 atom stereocenters. The standard InChI is InChI=1S/C17H28O4/c1-5-8-9-10-11-12-13-14-17(4,15(18)20-6-2)16(19)21-7-3/h11,13H,5-10,14H2,1-4H3. The van der Waals surface area contributed by atoms with E-state index in [-0.39, 0.29) is 19.6 Å². The molecule has 4 nitrogen and oxygen atoms in total. The molecular weight excluding hydrogens is 268 g/mol. The molecule has 0 aromatic heterocycles. The Labute approximate surface area is 128 Å². The molecule has 0 aliphatic carbocycles. The fraction of sp³-hybridized carbons (Fsp3) is 0.706. The second-order valence-electron chi connectivity index (χ2n) is 5.05. The lowest BCUT2D eigenvalue weighted by Crippen LogP contribution is -2.39. The maximum atomic E-state index is 12.0. The van der Waals surface area contributed by atoms with E-state index in [4.69, 9.17) is 9.47 Å². The van der Waals surface area contributed by atoms with Crippen LogP contribution in [-0.2, 0) is 19.1 Å². The molecule has 0 saturated carbocycles. The molecule has 0 aliphatic heterocycles. The Kier molecular flexibility index (Phi) is 10.3. The molecule has 0 radical (unpaired) electrons. The average Bonchev–Trinajstić information content (AvgIpc) is 2.46. The number of ether oxygens (including phenoxy) is 2. The molecule has 0 heterocycles. The summed E-state index contributed by atoms with van der Waals surface area (Å²) in [5.74, 6) is -1.10. The number of esters is 2. The molecule has 0 spiro atoms. The molecule has 4 heteroatoms. The number of rotatable bonds is 10. The normalized spacial score (nSPS) is 10.5. The summed E-state index contributed by atoms with van der Waals surface area (Å²) in [4.78, 5) is 24.0. The molecule has 0 saturated heterocycles. The van der Waals surface area contributed by atoms with E-state index in [0.29, 0.717) is 0 Å². The quantitative estimate of drug-likeness (QED) is 0.266. The van der Waals surface area contributed by atoms with Crippen LogP contribution in [0.4, 0.5) is 0 Å². The molecule has 0 aromatic carbocycles.